The van der Waals surface area contributed by atoms with Gasteiger partial charge in [0.05, 0.1) is 0 Å². The Morgan fingerprint density at radius 3 is 2.56 bits per heavy atom. The number of aryl methyl sites for hydroxylation is 1. The van der Waals surface area contributed by atoms with Gasteiger partial charge in [-0.3, -0.25) is 4.79 Å². The van der Waals surface area contributed by atoms with Crippen molar-refractivity contribution in [2.24, 2.45) is 0 Å². The highest BCUT2D eigenvalue weighted by atomic mass is 16.1. The molecule has 0 aliphatic rings. The fourth-order valence-corrected chi connectivity index (χ4v) is 2.26. The molecule has 2 heteroatoms. The fourth-order valence-electron chi connectivity index (χ4n) is 2.26. The predicted octanol–water partition coefficient (Wildman–Crippen LogP) is 3.04. The van der Waals surface area contributed by atoms with E-state index >= 15 is 0 Å². The molecule has 0 amide bonds. The van der Waals surface area contributed by atoms with Crippen LogP contribution in [0.4, 0.5) is 0 Å². The SMILES string of the molecule is CCCc1c(CC)c(=O)[nH]c2ccccc12. The lowest BCUT2D eigenvalue weighted by atomic mass is 9.98. The van der Waals surface area contributed by atoms with Crippen LogP contribution in [-0.2, 0) is 12.8 Å². The van der Waals surface area contributed by atoms with Gasteiger partial charge in [0.2, 0.25) is 0 Å². The van der Waals surface area contributed by atoms with Gasteiger partial charge >= 0.3 is 0 Å². The summed E-state index contributed by atoms with van der Waals surface area (Å²) in [4.78, 5) is 14.9. The largest absolute Gasteiger partial charge is 0.322 e. The molecule has 0 fully saturated rings. The number of pyridine rings is 1. The molecule has 0 spiro atoms. The van der Waals surface area contributed by atoms with Gasteiger partial charge < -0.3 is 4.98 Å². The molecule has 2 aromatic rings. The van der Waals surface area contributed by atoms with Crippen LogP contribution < -0.4 is 5.56 Å². The molecule has 1 heterocycles. The molecule has 0 atom stereocenters. The van der Waals surface area contributed by atoms with Gasteiger partial charge in [-0.05, 0) is 24.5 Å². The Balaban J connectivity index is 2.81. The number of rotatable bonds is 3. The van der Waals surface area contributed by atoms with Crippen LogP contribution in [0.25, 0.3) is 10.9 Å². The van der Waals surface area contributed by atoms with E-state index < -0.39 is 0 Å². The first-order chi connectivity index (χ1) is 7.77. The van der Waals surface area contributed by atoms with Crippen LogP contribution in [0.1, 0.15) is 31.4 Å². The van der Waals surface area contributed by atoms with Crippen molar-refractivity contribution in [2.45, 2.75) is 33.1 Å². The van der Waals surface area contributed by atoms with Crippen LogP contribution >= 0.6 is 0 Å². The Labute approximate surface area is 95.3 Å². The summed E-state index contributed by atoms with van der Waals surface area (Å²) in [6, 6.07) is 8.05. The molecule has 0 aliphatic carbocycles. The number of H-pyrrole nitrogens is 1. The van der Waals surface area contributed by atoms with Crippen LogP contribution in [0.5, 0.6) is 0 Å². The minimum Gasteiger partial charge on any atom is -0.322 e. The van der Waals surface area contributed by atoms with Crippen molar-refractivity contribution < 1.29 is 0 Å². The molecule has 0 saturated heterocycles. The van der Waals surface area contributed by atoms with E-state index in [1.807, 2.05) is 25.1 Å². The number of hydrogen-bond donors (Lipinski definition) is 1. The highest BCUT2D eigenvalue weighted by molar-refractivity contribution is 5.82. The standard InChI is InChI=1S/C14H17NO/c1-3-7-11-10(4-2)14(16)15-13-9-6-5-8-12(11)13/h5-6,8-9H,3-4,7H2,1-2H3,(H,15,16). The topological polar surface area (TPSA) is 32.9 Å². The second-order valence-corrected chi connectivity index (χ2v) is 4.06. The molecule has 0 radical (unpaired) electrons. The average molecular weight is 215 g/mol. The molecule has 1 aromatic heterocycles. The van der Waals surface area contributed by atoms with Crippen LogP contribution in [-0.4, -0.2) is 4.98 Å². The predicted molar refractivity (Wildman–Crippen MR) is 67.9 cm³/mol. The van der Waals surface area contributed by atoms with Crippen LogP contribution in [0.3, 0.4) is 0 Å². The minimum atomic E-state index is 0.0738. The maximum atomic E-state index is 11.9. The van der Waals surface area contributed by atoms with Crippen molar-refractivity contribution in [2.75, 3.05) is 0 Å². The van der Waals surface area contributed by atoms with Crippen molar-refractivity contribution in [3.63, 3.8) is 0 Å². The summed E-state index contributed by atoms with van der Waals surface area (Å²) < 4.78 is 0. The zero-order valence-corrected chi connectivity index (χ0v) is 9.84. The molecule has 16 heavy (non-hydrogen) atoms. The van der Waals surface area contributed by atoms with E-state index in [0.29, 0.717) is 0 Å². The zero-order valence-electron chi connectivity index (χ0n) is 9.84. The summed E-state index contributed by atoms with van der Waals surface area (Å²) in [5.41, 5.74) is 3.20. The van der Waals surface area contributed by atoms with E-state index in [0.717, 1.165) is 30.3 Å². The lowest BCUT2D eigenvalue weighted by Gasteiger charge is -2.10. The lowest BCUT2D eigenvalue weighted by molar-refractivity contribution is 0.897. The summed E-state index contributed by atoms with van der Waals surface area (Å²) in [5.74, 6) is 0. The van der Waals surface area contributed by atoms with Gasteiger partial charge in [-0.25, -0.2) is 0 Å². The molecular weight excluding hydrogens is 198 g/mol. The zero-order chi connectivity index (χ0) is 11.5. The molecule has 1 aromatic carbocycles. The van der Waals surface area contributed by atoms with Gasteiger partial charge in [0.1, 0.15) is 0 Å². The van der Waals surface area contributed by atoms with Crippen LogP contribution in [0.2, 0.25) is 0 Å². The molecule has 1 N–H and O–H groups in total. The number of hydrogen-bond acceptors (Lipinski definition) is 1. The van der Waals surface area contributed by atoms with Gasteiger partial charge in [-0.2, -0.15) is 0 Å². The van der Waals surface area contributed by atoms with Crippen molar-refractivity contribution in [3.05, 3.63) is 45.7 Å². The Kier molecular flexibility index (Phi) is 3.09. The molecule has 0 saturated carbocycles. The summed E-state index contributed by atoms with van der Waals surface area (Å²) in [7, 11) is 0. The van der Waals surface area contributed by atoms with Crippen molar-refractivity contribution in [3.8, 4) is 0 Å². The highest BCUT2D eigenvalue weighted by Gasteiger charge is 2.09. The Morgan fingerprint density at radius 2 is 1.88 bits per heavy atom. The molecular formula is C14H17NO. The number of aromatic nitrogens is 1. The summed E-state index contributed by atoms with van der Waals surface area (Å²) in [6.45, 7) is 4.19. The Hall–Kier alpha value is -1.57. The Bertz CT molecular complexity index is 554. The first-order valence-electron chi connectivity index (χ1n) is 5.90. The maximum absolute atomic E-state index is 11.9. The summed E-state index contributed by atoms with van der Waals surface area (Å²) >= 11 is 0. The second kappa shape index (κ2) is 4.52. The van der Waals surface area contributed by atoms with Gasteiger partial charge in [-0.1, -0.05) is 38.5 Å². The molecule has 0 bridgehead atoms. The molecule has 0 aliphatic heterocycles. The van der Waals surface area contributed by atoms with Gasteiger partial charge in [-0.15, -0.1) is 0 Å². The number of nitrogens with one attached hydrogen (secondary N) is 1. The number of fused-ring (bicyclic) bond motifs is 1. The second-order valence-electron chi connectivity index (χ2n) is 4.06. The third-order valence-electron chi connectivity index (χ3n) is 2.99. The van der Waals surface area contributed by atoms with E-state index in [2.05, 4.69) is 18.0 Å². The highest BCUT2D eigenvalue weighted by Crippen LogP contribution is 2.19. The number of aromatic amines is 1. The van der Waals surface area contributed by atoms with Crippen molar-refractivity contribution in [1.29, 1.82) is 0 Å². The van der Waals surface area contributed by atoms with Gasteiger partial charge in [0.15, 0.2) is 0 Å². The van der Waals surface area contributed by atoms with E-state index in [-0.39, 0.29) is 5.56 Å². The maximum Gasteiger partial charge on any atom is 0.251 e. The van der Waals surface area contributed by atoms with Crippen LogP contribution in [0.15, 0.2) is 29.1 Å². The van der Waals surface area contributed by atoms with Crippen molar-refractivity contribution in [1.82, 2.24) is 4.98 Å². The smallest absolute Gasteiger partial charge is 0.251 e. The third-order valence-corrected chi connectivity index (χ3v) is 2.99. The van der Waals surface area contributed by atoms with E-state index in [1.165, 1.54) is 10.9 Å². The first-order valence-corrected chi connectivity index (χ1v) is 5.90. The first kappa shape index (κ1) is 10.9. The van der Waals surface area contributed by atoms with Gasteiger partial charge in [0, 0.05) is 16.5 Å². The number of benzene rings is 1. The number of para-hydroxylation sites is 1. The third kappa shape index (κ3) is 1.75. The fraction of sp³-hybridized carbons (Fsp3) is 0.357. The van der Waals surface area contributed by atoms with E-state index in [4.69, 9.17) is 0 Å². The summed E-state index contributed by atoms with van der Waals surface area (Å²) in [6.07, 6.45) is 2.85. The monoisotopic (exact) mass is 215 g/mol. The van der Waals surface area contributed by atoms with E-state index in [9.17, 15) is 4.79 Å². The molecule has 0 unspecified atom stereocenters. The normalized spacial score (nSPS) is 10.9. The Morgan fingerprint density at radius 1 is 1.12 bits per heavy atom. The minimum absolute atomic E-state index is 0.0738. The summed E-state index contributed by atoms with van der Waals surface area (Å²) in [5, 5.41) is 1.20. The van der Waals surface area contributed by atoms with E-state index in [1.54, 1.807) is 0 Å². The van der Waals surface area contributed by atoms with Crippen LogP contribution in [0, 0.1) is 0 Å². The quantitative estimate of drug-likeness (QED) is 0.838. The van der Waals surface area contributed by atoms with Crippen molar-refractivity contribution >= 4 is 10.9 Å². The average Bonchev–Trinajstić information content (AvgIpc) is 2.29. The molecule has 2 nitrogen and oxygen atoms in total. The van der Waals surface area contributed by atoms with Gasteiger partial charge in [0.25, 0.3) is 5.56 Å². The molecule has 2 rings (SSSR count). The molecule has 84 valence electrons. The lowest BCUT2D eigenvalue weighted by Crippen LogP contribution is -2.15.